The molecule has 0 N–H and O–H groups in total. The molecule has 0 bridgehead atoms. The molecule has 29 heteroatoms. The molecule has 0 spiro atoms. The van der Waals surface area contributed by atoms with Crippen LogP contribution in [0.5, 0.6) is 0 Å². The summed E-state index contributed by atoms with van der Waals surface area (Å²) < 4.78 is 16.1. The highest BCUT2D eigenvalue weighted by Gasteiger charge is 2.37. The number of halogens is 20. The summed E-state index contributed by atoms with van der Waals surface area (Å²) in [6.45, 7) is 1.96. The van der Waals surface area contributed by atoms with Gasteiger partial charge in [0.25, 0.3) is 0 Å². The highest BCUT2D eigenvalue weighted by atomic mass is 35.6. The first-order valence-electron chi connectivity index (χ1n) is 16.0. The first kappa shape index (κ1) is 55.4. The number of alkyl halides is 18. The predicted octanol–water partition coefficient (Wildman–Crippen LogP) is 16.2. The maximum Gasteiger partial charge on any atom is 0.250 e. The Morgan fingerprint density at radius 1 is 0.317 bits per heavy atom. The van der Waals surface area contributed by atoms with Gasteiger partial charge in [-0.05, 0) is 19.1 Å². The van der Waals surface area contributed by atoms with E-state index in [1.54, 1.807) is 12.1 Å². The zero-order valence-electron chi connectivity index (χ0n) is 30.0. The summed E-state index contributed by atoms with van der Waals surface area (Å²) in [5.74, 6) is -3.15. The molecule has 3 heterocycles. The molecular formula is C34H15Cl18F2N9. The number of aromatic nitrogens is 9. The lowest BCUT2D eigenvalue weighted by atomic mass is 10.1. The molecule has 9 nitrogen and oxygen atoms in total. The standard InChI is InChI=1S/C12H7Cl6N3.C11H3Cl6F2N3.C11H5Cl6N3/c1-6-2-4-7(5-3-6)8-19-9(11(13,14)15)21-10(20-8)12(16,17)18;12-10(13,14)8-20-7(21-9(22-8)11(15,16)17)6-4(18)2-1-3-5(6)19;12-10(13,14)8-18-7(6-4-2-1-3-5-6)19-9(20-8)11(15,16)17/h2-5H,1H3;1-3H;1-5H. The lowest BCUT2D eigenvalue weighted by molar-refractivity contribution is 0.586. The van der Waals surface area contributed by atoms with Crippen LogP contribution < -0.4 is 0 Å². The van der Waals surface area contributed by atoms with Crippen LogP contribution in [0, 0.1) is 18.6 Å². The van der Waals surface area contributed by atoms with Gasteiger partial charge in [0.2, 0.25) is 22.8 Å². The normalized spacial score (nSPS) is 12.5. The van der Waals surface area contributed by atoms with Gasteiger partial charge in [-0.25, -0.2) is 53.6 Å². The van der Waals surface area contributed by atoms with Crippen molar-refractivity contribution < 1.29 is 8.78 Å². The Balaban J connectivity index is 0.000000208. The van der Waals surface area contributed by atoms with E-state index < -0.39 is 57.4 Å². The molecular weight excluding hydrogens is 1210 g/mol. The number of rotatable bonds is 3. The van der Waals surface area contributed by atoms with E-state index >= 15 is 0 Å². The van der Waals surface area contributed by atoms with Crippen LogP contribution in [0.15, 0.2) is 72.8 Å². The Bertz CT molecular complexity index is 2410. The minimum absolute atomic E-state index is 0.112. The molecule has 6 rings (SSSR count). The fourth-order valence-corrected chi connectivity index (χ4v) is 5.78. The summed E-state index contributed by atoms with van der Waals surface area (Å²) in [6.07, 6.45) is 0. The van der Waals surface area contributed by atoms with Gasteiger partial charge in [0.15, 0.2) is 52.4 Å². The van der Waals surface area contributed by atoms with Crippen LogP contribution in [-0.2, 0) is 22.8 Å². The van der Waals surface area contributed by atoms with E-state index in [4.69, 9.17) is 209 Å². The third-order valence-corrected chi connectivity index (χ3v) is 10.00. The number of hydrogen-bond donors (Lipinski definition) is 0. The summed E-state index contributed by atoms with van der Waals surface area (Å²) in [5, 5.41) is 0. The molecule has 0 fully saturated rings. The Kier molecular flexibility index (Phi) is 19.4. The molecule has 0 aliphatic carbocycles. The smallest absolute Gasteiger partial charge is 0.209 e. The quantitative estimate of drug-likeness (QED) is 0.160. The maximum absolute atomic E-state index is 13.9. The van der Waals surface area contributed by atoms with Gasteiger partial charge in [-0.3, -0.25) is 0 Å². The van der Waals surface area contributed by atoms with Crippen molar-refractivity contribution in [3.63, 3.8) is 0 Å². The first-order chi connectivity index (χ1) is 28.7. The molecule has 0 atom stereocenters. The minimum atomic E-state index is -2.11. The van der Waals surface area contributed by atoms with Crippen molar-refractivity contribution >= 4 is 209 Å². The SMILES string of the molecule is Cc1ccc(-c2nc(C(Cl)(Cl)Cl)nc(C(Cl)(Cl)Cl)n2)cc1.ClC(Cl)(Cl)c1nc(-c2ccccc2)nc(C(Cl)(Cl)Cl)n1.Fc1cccc(F)c1-c1nc(C(Cl)(Cl)Cl)nc(C(Cl)(Cl)Cl)n1. The van der Waals surface area contributed by atoms with Gasteiger partial charge < -0.3 is 0 Å². The second kappa shape index (κ2) is 22.0. The topological polar surface area (TPSA) is 116 Å². The second-order valence-electron chi connectivity index (χ2n) is 11.7. The Morgan fingerprint density at radius 2 is 0.587 bits per heavy atom. The molecule has 63 heavy (non-hydrogen) atoms. The summed E-state index contributed by atoms with van der Waals surface area (Å²) in [4.78, 5) is 35.4. The van der Waals surface area contributed by atoms with Gasteiger partial charge in [0.05, 0.1) is 5.56 Å². The Morgan fingerprint density at radius 3 is 0.873 bits per heavy atom. The zero-order valence-corrected chi connectivity index (χ0v) is 43.6. The van der Waals surface area contributed by atoms with Crippen LogP contribution >= 0.6 is 209 Å². The van der Waals surface area contributed by atoms with Crippen LogP contribution in [0.3, 0.4) is 0 Å². The third-order valence-electron chi connectivity index (χ3n) is 6.96. The van der Waals surface area contributed by atoms with Crippen molar-refractivity contribution in [3.8, 4) is 34.2 Å². The van der Waals surface area contributed by atoms with Gasteiger partial charge in [-0.2, -0.15) is 0 Å². The molecule has 0 saturated heterocycles. The van der Waals surface area contributed by atoms with E-state index in [1.165, 1.54) is 6.07 Å². The summed E-state index contributed by atoms with van der Waals surface area (Å²) in [6, 6.07) is 19.6. The van der Waals surface area contributed by atoms with Crippen molar-refractivity contribution in [2.75, 3.05) is 0 Å². The highest BCUT2D eigenvalue weighted by Crippen LogP contribution is 2.43. The molecule has 0 unspecified atom stereocenters. The van der Waals surface area contributed by atoms with Crippen molar-refractivity contribution in [3.05, 3.63) is 125 Å². The zero-order chi connectivity index (χ0) is 47.5. The molecule has 0 aliphatic heterocycles. The lowest BCUT2D eigenvalue weighted by Crippen LogP contribution is -2.17. The average molecular weight is 1230 g/mol. The van der Waals surface area contributed by atoms with E-state index in [0.29, 0.717) is 11.1 Å². The van der Waals surface area contributed by atoms with E-state index in [1.807, 2.05) is 49.4 Å². The predicted molar refractivity (Wildman–Crippen MR) is 256 cm³/mol. The van der Waals surface area contributed by atoms with E-state index in [0.717, 1.165) is 17.7 Å². The van der Waals surface area contributed by atoms with Crippen LogP contribution in [0.25, 0.3) is 34.2 Å². The van der Waals surface area contributed by atoms with Crippen molar-refractivity contribution in [2.45, 2.75) is 29.7 Å². The second-order valence-corrected chi connectivity index (χ2v) is 25.4. The minimum Gasteiger partial charge on any atom is -0.209 e. The van der Waals surface area contributed by atoms with Gasteiger partial charge >= 0.3 is 0 Å². The van der Waals surface area contributed by atoms with Crippen LogP contribution in [0.2, 0.25) is 0 Å². The van der Waals surface area contributed by atoms with Gasteiger partial charge in [-0.15, -0.1) is 0 Å². The monoisotopic (exact) mass is 1220 g/mol. The number of aryl methyl sites for hydroxylation is 1. The summed E-state index contributed by atoms with van der Waals surface area (Å²) in [7, 11) is 0. The molecule has 0 radical (unpaired) electrons. The van der Waals surface area contributed by atoms with Gasteiger partial charge in [-0.1, -0.05) is 275 Å². The number of hydrogen-bond acceptors (Lipinski definition) is 9. The van der Waals surface area contributed by atoms with Crippen LogP contribution in [-0.4, -0.2) is 44.9 Å². The fraction of sp³-hybridized carbons (Fsp3) is 0.206. The van der Waals surface area contributed by atoms with E-state index in [9.17, 15) is 8.78 Å². The van der Waals surface area contributed by atoms with Gasteiger partial charge in [0, 0.05) is 11.1 Å². The molecule has 6 aromatic rings. The molecule has 0 amide bonds. The molecule has 0 aliphatic rings. The summed E-state index contributed by atoms with van der Waals surface area (Å²) in [5.41, 5.74) is 1.89. The highest BCUT2D eigenvalue weighted by molar-refractivity contribution is 6.69. The molecule has 3 aromatic heterocycles. The van der Waals surface area contributed by atoms with E-state index in [-0.39, 0.29) is 34.9 Å². The number of benzene rings is 3. The summed E-state index contributed by atoms with van der Waals surface area (Å²) >= 11 is 104. The molecule has 3 aromatic carbocycles. The van der Waals surface area contributed by atoms with Crippen molar-refractivity contribution in [2.24, 2.45) is 0 Å². The Hall–Kier alpha value is -0.230. The largest absolute Gasteiger partial charge is 0.250 e. The lowest BCUT2D eigenvalue weighted by Gasteiger charge is -2.16. The van der Waals surface area contributed by atoms with Crippen molar-refractivity contribution in [1.29, 1.82) is 0 Å². The first-order valence-corrected chi connectivity index (χ1v) is 22.8. The Labute approximate surface area is 446 Å². The number of nitrogens with zero attached hydrogens (tertiary/aromatic N) is 9. The molecule has 0 saturated carbocycles. The maximum atomic E-state index is 13.9. The van der Waals surface area contributed by atoms with Crippen LogP contribution in [0.1, 0.15) is 40.5 Å². The molecule has 336 valence electrons. The van der Waals surface area contributed by atoms with Crippen molar-refractivity contribution in [1.82, 2.24) is 44.9 Å². The fourth-order valence-electron chi connectivity index (χ4n) is 4.26. The van der Waals surface area contributed by atoms with Crippen LogP contribution in [0.4, 0.5) is 8.78 Å². The third kappa shape index (κ3) is 16.5. The van der Waals surface area contributed by atoms with E-state index in [2.05, 4.69) is 44.9 Å². The van der Waals surface area contributed by atoms with Gasteiger partial charge in [0.1, 0.15) is 11.6 Å². The average Bonchev–Trinajstić information content (AvgIpc) is 3.16.